The van der Waals surface area contributed by atoms with Crippen LogP contribution in [0.15, 0.2) is 23.8 Å². The van der Waals surface area contributed by atoms with Crippen molar-refractivity contribution < 1.29 is 0 Å². The highest BCUT2D eigenvalue weighted by molar-refractivity contribution is 6.26. The van der Waals surface area contributed by atoms with E-state index in [1.165, 1.54) is 5.57 Å². The second kappa shape index (κ2) is 5.42. The molecule has 0 rings (SSSR count). The number of hydrogen-bond donors (Lipinski definition) is 0. The molecule has 0 spiro atoms. The average Bonchev–Trinajstić information content (AvgIpc) is 2.00. The third kappa shape index (κ3) is 5.42. The van der Waals surface area contributed by atoms with Crippen molar-refractivity contribution in [3.8, 4) is 0 Å². The quantitative estimate of drug-likeness (QED) is 0.454. The summed E-state index contributed by atoms with van der Waals surface area (Å²) in [7, 11) is 0. The number of hydrogen-bond acceptors (Lipinski definition) is 0. The Morgan fingerprint density at radius 3 is 2.42 bits per heavy atom. The van der Waals surface area contributed by atoms with E-state index in [0.717, 1.165) is 12.8 Å². The summed E-state index contributed by atoms with van der Waals surface area (Å²) in [4.78, 5) is -0.296. The summed E-state index contributed by atoms with van der Waals surface area (Å²) in [5.74, 6) is 0. The molecule has 70 valence electrons. The van der Waals surface area contributed by atoms with Crippen LogP contribution in [0.5, 0.6) is 0 Å². The van der Waals surface area contributed by atoms with Crippen molar-refractivity contribution in [2.24, 2.45) is 0 Å². The van der Waals surface area contributed by atoms with Gasteiger partial charge in [-0.2, -0.15) is 0 Å². The Morgan fingerprint density at radius 2 is 2.00 bits per heavy atom. The molecule has 0 saturated heterocycles. The van der Waals surface area contributed by atoms with Crippen LogP contribution < -0.4 is 0 Å². The molecule has 1 heteroatoms. The third-order valence-corrected chi connectivity index (χ3v) is 2.00. The zero-order valence-electron chi connectivity index (χ0n) is 8.52. The van der Waals surface area contributed by atoms with Crippen molar-refractivity contribution in [1.29, 1.82) is 0 Å². The zero-order chi connectivity index (χ0) is 9.61. The molecular weight excluding hydrogens is 168 g/mol. The van der Waals surface area contributed by atoms with Crippen LogP contribution in [0, 0.1) is 0 Å². The lowest BCUT2D eigenvalue weighted by molar-refractivity contribution is 0.940. The van der Waals surface area contributed by atoms with Gasteiger partial charge in [-0.15, -0.1) is 11.6 Å². The molecule has 0 bridgehead atoms. The Bertz CT molecular complexity index is 175. The fourth-order valence-electron chi connectivity index (χ4n) is 0.980. The normalized spacial score (nSPS) is 18.2. The first kappa shape index (κ1) is 11.8. The summed E-state index contributed by atoms with van der Waals surface area (Å²) in [6.45, 7) is 8.38. The third-order valence-electron chi connectivity index (χ3n) is 1.77. The minimum absolute atomic E-state index is 0.296. The summed E-state index contributed by atoms with van der Waals surface area (Å²) in [6.07, 6.45) is 8.38. The maximum Gasteiger partial charge on any atom is 0.0780 e. The molecule has 1 atom stereocenters. The van der Waals surface area contributed by atoms with Gasteiger partial charge in [0.05, 0.1) is 4.87 Å². The van der Waals surface area contributed by atoms with E-state index in [1.54, 1.807) is 0 Å². The number of halogens is 1. The van der Waals surface area contributed by atoms with Crippen LogP contribution in [-0.4, -0.2) is 4.87 Å². The standard InChI is InChI=1S/C11H19Cl/c1-5-7-8-11(4,12)9-10(3)6-2/h7-9H,5-6H2,1-4H3/b8-7-,10-9+. The Kier molecular flexibility index (Phi) is 5.32. The van der Waals surface area contributed by atoms with Crippen molar-refractivity contribution >= 4 is 11.6 Å². The maximum absolute atomic E-state index is 6.23. The molecule has 0 fully saturated rings. The van der Waals surface area contributed by atoms with Gasteiger partial charge in [-0.1, -0.05) is 37.6 Å². The SMILES string of the molecule is CC/C=C\C(C)(Cl)/C=C(\C)CC. The van der Waals surface area contributed by atoms with Crippen LogP contribution in [0.25, 0.3) is 0 Å². The summed E-state index contributed by atoms with van der Waals surface area (Å²) < 4.78 is 0. The van der Waals surface area contributed by atoms with Gasteiger partial charge in [0.15, 0.2) is 0 Å². The van der Waals surface area contributed by atoms with E-state index in [2.05, 4.69) is 32.9 Å². The lowest BCUT2D eigenvalue weighted by Crippen LogP contribution is -2.08. The zero-order valence-corrected chi connectivity index (χ0v) is 9.28. The van der Waals surface area contributed by atoms with Crippen molar-refractivity contribution in [2.75, 3.05) is 0 Å². The lowest BCUT2D eigenvalue weighted by atomic mass is 10.1. The molecule has 0 heterocycles. The highest BCUT2D eigenvalue weighted by Gasteiger charge is 2.11. The van der Waals surface area contributed by atoms with E-state index in [0.29, 0.717) is 0 Å². The van der Waals surface area contributed by atoms with Crippen molar-refractivity contribution in [1.82, 2.24) is 0 Å². The Morgan fingerprint density at radius 1 is 1.42 bits per heavy atom. The van der Waals surface area contributed by atoms with Crippen molar-refractivity contribution in [2.45, 2.75) is 45.4 Å². The molecule has 0 aliphatic rings. The van der Waals surface area contributed by atoms with E-state index >= 15 is 0 Å². The van der Waals surface area contributed by atoms with Crippen molar-refractivity contribution in [3.63, 3.8) is 0 Å². The smallest absolute Gasteiger partial charge is 0.0780 e. The van der Waals surface area contributed by atoms with Gasteiger partial charge in [-0.25, -0.2) is 0 Å². The fraction of sp³-hybridized carbons (Fsp3) is 0.636. The molecule has 0 aliphatic carbocycles. The van der Waals surface area contributed by atoms with E-state index < -0.39 is 0 Å². The molecular formula is C11H19Cl. The first-order valence-electron chi connectivity index (χ1n) is 4.56. The first-order chi connectivity index (χ1) is 5.52. The summed E-state index contributed by atoms with van der Waals surface area (Å²) in [6, 6.07) is 0. The second-order valence-electron chi connectivity index (χ2n) is 3.31. The Balaban J connectivity index is 4.30. The van der Waals surface area contributed by atoms with Gasteiger partial charge in [0.2, 0.25) is 0 Å². The Hall–Kier alpha value is -0.230. The number of alkyl halides is 1. The van der Waals surface area contributed by atoms with E-state index in [-0.39, 0.29) is 4.87 Å². The highest BCUT2D eigenvalue weighted by Crippen LogP contribution is 2.21. The lowest BCUT2D eigenvalue weighted by Gasteiger charge is -2.13. The molecule has 0 aromatic carbocycles. The van der Waals surface area contributed by atoms with E-state index in [9.17, 15) is 0 Å². The molecule has 0 aromatic rings. The van der Waals surface area contributed by atoms with Gasteiger partial charge < -0.3 is 0 Å². The molecule has 12 heavy (non-hydrogen) atoms. The van der Waals surface area contributed by atoms with Crippen LogP contribution in [-0.2, 0) is 0 Å². The van der Waals surface area contributed by atoms with Gasteiger partial charge in [0.25, 0.3) is 0 Å². The van der Waals surface area contributed by atoms with Crippen molar-refractivity contribution in [3.05, 3.63) is 23.8 Å². The largest absolute Gasteiger partial charge is 0.110 e. The first-order valence-corrected chi connectivity index (χ1v) is 4.94. The van der Waals surface area contributed by atoms with E-state index in [1.807, 2.05) is 13.0 Å². The monoisotopic (exact) mass is 186 g/mol. The fourth-order valence-corrected chi connectivity index (χ4v) is 1.26. The number of rotatable bonds is 4. The topological polar surface area (TPSA) is 0 Å². The molecule has 0 saturated carbocycles. The van der Waals surface area contributed by atoms with Gasteiger partial charge in [0, 0.05) is 0 Å². The number of allylic oxidation sites excluding steroid dienone is 4. The summed E-state index contributed by atoms with van der Waals surface area (Å²) in [5.41, 5.74) is 1.34. The van der Waals surface area contributed by atoms with Crippen LogP contribution in [0.3, 0.4) is 0 Å². The molecule has 0 aromatic heterocycles. The minimum Gasteiger partial charge on any atom is -0.110 e. The highest BCUT2D eigenvalue weighted by atomic mass is 35.5. The second-order valence-corrected chi connectivity index (χ2v) is 4.12. The van der Waals surface area contributed by atoms with Crippen LogP contribution in [0.1, 0.15) is 40.5 Å². The molecule has 0 N–H and O–H groups in total. The maximum atomic E-state index is 6.23. The molecule has 0 nitrogen and oxygen atoms in total. The molecule has 0 amide bonds. The Labute approximate surface area is 81.3 Å². The van der Waals surface area contributed by atoms with E-state index in [4.69, 9.17) is 11.6 Å². The summed E-state index contributed by atoms with van der Waals surface area (Å²) in [5, 5.41) is 0. The van der Waals surface area contributed by atoms with Gasteiger partial charge in [-0.3, -0.25) is 0 Å². The predicted molar refractivity (Wildman–Crippen MR) is 57.7 cm³/mol. The average molecular weight is 187 g/mol. The van der Waals surface area contributed by atoms with Gasteiger partial charge >= 0.3 is 0 Å². The van der Waals surface area contributed by atoms with Crippen LogP contribution >= 0.6 is 11.6 Å². The van der Waals surface area contributed by atoms with Crippen LogP contribution in [0.4, 0.5) is 0 Å². The van der Waals surface area contributed by atoms with Gasteiger partial charge in [0.1, 0.15) is 0 Å². The molecule has 1 unspecified atom stereocenters. The van der Waals surface area contributed by atoms with Gasteiger partial charge in [-0.05, 0) is 26.7 Å². The molecule has 0 aliphatic heterocycles. The predicted octanol–water partition coefficient (Wildman–Crippen LogP) is 4.31. The summed E-state index contributed by atoms with van der Waals surface area (Å²) >= 11 is 6.23. The van der Waals surface area contributed by atoms with Crippen LogP contribution in [0.2, 0.25) is 0 Å². The minimum atomic E-state index is -0.296. The molecule has 0 radical (unpaired) electrons.